The van der Waals surface area contributed by atoms with Crippen LogP contribution in [0.2, 0.25) is 0 Å². The molecule has 6 nitrogen and oxygen atoms in total. The van der Waals surface area contributed by atoms with E-state index in [1.807, 2.05) is 13.8 Å². The van der Waals surface area contributed by atoms with Gasteiger partial charge in [-0.2, -0.15) is 0 Å². The van der Waals surface area contributed by atoms with E-state index in [0.29, 0.717) is 12.5 Å². The van der Waals surface area contributed by atoms with Gasteiger partial charge >= 0.3 is 5.97 Å². The maximum atomic E-state index is 12.1. The highest BCUT2D eigenvalue weighted by Crippen LogP contribution is 2.16. The summed E-state index contributed by atoms with van der Waals surface area (Å²) in [7, 11) is 1.34. The smallest absolute Gasteiger partial charge is 0.328 e. The predicted octanol–water partition coefficient (Wildman–Crippen LogP) is 0.395. The first kappa shape index (κ1) is 17.9. The molecule has 0 aliphatic carbocycles. The van der Waals surface area contributed by atoms with E-state index in [0.717, 1.165) is 32.4 Å². The molecule has 0 aromatic carbocycles. The van der Waals surface area contributed by atoms with Gasteiger partial charge < -0.3 is 15.2 Å². The van der Waals surface area contributed by atoms with Crippen LogP contribution in [0.25, 0.3) is 0 Å². The van der Waals surface area contributed by atoms with E-state index in [9.17, 15) is 9.59 Å². The number of carbonyl (C=O) groups is 2. The zero-order chi connectivity index (χ0) is 15.8. The Hall–Kier alpha value is -1.14. The third-order valence-electron chi connectivity index (χ3n) is 4.32. The van der Waals surface area contributed by atoms with Gasteiger partial charge in [-0.15, -0.1) is 0 Å². The first-order valence-corrected chi connectivity index (χ1v) is 7.72. The standard InChI is InChI=1S/C15H28N2O4/c1-4-11(2)14(15(20)21-3)16-13(19)9-17-7-5-12(10-18)6-8-17/h11-12,14,18H,4-10H2,1-3H3,(H,16,19)/t11-,14+/m0/s1. The van der Waals surface area contributed by atoms with Crippen molar-refractivity contribution in [2.24, 2.45) is 11.8 Å². The summed E-state index contributed by atoms with van der Waals surface area (Å²) < 4.78 is 4.76. The van der Waals surface area contributed by atoms with Gasteiger partial charge in [-0.1, -0.05) is 20.3 Å². The number of likely N-dealkylation sites (tertiary alicyclic amines) is 1. The van der Waals surface area contributed by atoms with Crippen LogP contribution in [0.1, 0.15) is 33.1 Å². The fourth-order valence-corrected chi connectivity index (χ4v) is 2.55. The summed E-state index contributed by atoms with van der Waals surface area (Å²) in [6, 6.07) is -0.581. The van der Waals surface area contributed by atoms with Crippen LogP contribution in [0.3, 0.4) is 0 Å². The molecular weight excluding hydrogens is 272 g/mol. The SMILES string of the molecule is CC[C@H](C)[C@@H](NC(=O)CN1CCC(CO)CC1)C(=O)OC. The molecule has 21 heavy (non-hydrogen) atoms. The summed E-state index contributed by atoms with van der Waals surface area (Å²) in [6.45, 7) is 6.04. The molecule has 2 atom stereocenters. The Bertz CT molecular complexity index is 341. The minimum absolute atomic E-state index is 0.0431. The molecule has 0 radical (unpaired) electrons. The van der Waals surface area contributed by atoms with Gasteiger partial charge in [0.25, 0.3) is 0 Å². The Morgan fingerprint density at radius 3 is 2.48 bits per heavy atom. The lowest BCUT2D eigenvalue weighted by molar-refractivity contribution is -0.146. The highest BCUT2D eigenvalue weighted by molar-refractivity contribution is 5.85. The van der Waals surface area contributed by atoms with Crippen molar-refractivity contribution in [1.82, 2.24) is 10.2 Å². The molecule has 1 rings (SSSR count). The van der Waals surface area contributed by atoms with Crippen molar-refractivity contribution in [1.29, 1.82) is 0 Å². The lowest BCUT2D eigenvalue weighted by Crippen LogP contribution is -2.50. The van der Waals surface area contributed by atoms with Crippen molar-refractivity contribution in [3.8, 4) is 0 Å². The molecule has 0 spiro atoms. The molecule has 1 amide bonds. The van der Waals surface area contributed by atoms with E-state index in [2.05, 4.69) is 10.2 Å². The van der Waals surface area contributed by atoms with Crippen molar-refractivity contribution >= 4 is 11.9 Å². The number of nitrogens with one attached hydrogen (secondary N) is 1. The van der Waals surface area contributed by atoms with Gasteiger partial charge in [-0.05, 0) is 37.8 Å². The van der Waals surface area contributed by atoms with Gasteiger partial charge in [-0.3, -0.25) is 9.69 Å². The number of hydrogen-bond acceptors (Lipinski definition) is 5. The van der Waals surface area contributed by atoms with Crippen molar-refractivity contribution in [3.63, 3.8) is 0 Å². The van der Waals surface area contributed by atoms with E-state index in [4.69, 9.17) is 9.84 Å². The van der Waals surface area contributed by atoms with Gasteiger partial charge in [0.15, 0.2) is 0 Å². The van der Waals surface area contributed by atoms with Crippen molar-refractivity contribution in [3.05, 3.63) is 0 Å². The molecule has 6 heteroatoms. The maximum Gasteiger partial charge on any atom is 0.328 e. The van der Waals surface area contributed by atoms with Gasteiger partial charge in [0.1, 0.15) is 6.04 Å². The molecule has 1 aliphatic rings. The molecule has 1 saturated heterocycles. The van der Waals surface area contributed by atoms with Crippen LogP contribution in [-0.4, -0.2) is 61.3 Å². The Morgan fingerprint density at radius 2 is 2.00 bits per heavy atom. The summed E-state index contributed by atoms with van der Waals surface area (Å²) in [5.41, 5.74) is 0. The largest absolute Gasteiger partial charge is 0.467 e. The molecule has 1 fully saturated rings. The Kier molecular flexibility index (Phi) is 7.67. The number of carbonyl (C=O) groups excluding carboxylic acids is 2. The second-order valence-electron chi connectivity index (χ2n) is 5.86. The molecule has 0 unspecified atom stereocenters. The summed E-state index contributed by atoms with van der Waals surface area (Å²) in [6.07, 6.45) is 2.62. The minimum Gasteiger partial charge on any atom is -0.467 e. The molecule has 1 aliphatic heterocycles. The number of hydrogen-bond donors (Lipinski definition) is 2. The van der Waals surface area contributed by atoms with Crippen molar-refractivity contribution < 1.29 is 19.4 Å². The molecule has 2 N–H and O–H groups in total. The van der Waals surface area contributed by atoms with Crippen LogP contribution >= 0.6 is 0 Å². The number of aliphatic hydroxyl groups excluding tert-OH is 1. The number of methoxy groups -OCH3 is 1. The topological polar surface area (TPSA) is 78.9 Å². The summed E-state index contributed by atoms with van der Waals surface area (Å²) in [5, 5.41) is 11.9. The molecule has 0 aromatic rings. The minimum atomic E-state index is -0.581. The number of rotatable bonds is 7. The van der Waals surface area contributed by atoms with Crippen LogP contribution in [0.15, 0.2) is 0 Å². The third-order valence-corrected chi connectivity index (χ3v) is 4.32. The number of nitrogens with zero attached hydrogens (tertiary/aromatic N) is 1. The molecule has 0 bridgehead atoms. The van der Waals surface area contributed by atoms with E-state index >= 15 is 0 Å². The van der Waals surface area contributed by atoms with Gasteiger partial charge in [-0.25, -0.2) is 4.79 Å². The normalized spacial score (nSPS) is 19.8. The lowest BCUT2D eigenvalue weighted by atomic mass is 9.97. The van der Waals surface area contributed by atoms with Crippen LogP contribution in [0.4, 0.5) is 0 Å². The van der Waals surface area contributed by atoms with Crippen LogP contribution in [0.5, 0.6) is 0 Å². The Morgan fingerprint density at radius 1 is 1.38 bits per heavy atom. The second kappa shape index (κ2) is 9.00. The summed E-state index contributed by atoms with van der Waals surface area (Å²) in [4.78, 5) is 25.9. The quantitative estimate of drug-likeness (QED) is 0.665. The molecule has 0 saturated carbocycles. The number of esters is 1. The summed E-state index contributed by atoms with van der Waals surface area (Å²) in [5.74, 6) is -0.140. The fourth-order valence-electron chi connectivity index (χ4n) is 2.55. The number of piperidine rings is 1. The Balaban J connectivity index is 2.45. The monoisotopic (exact) mass is 300 g/mol. The molecule has 122 valence electrons. The average molecular weight is 300 g/mol. The van der Waals surface area contributed by atoms with E-state index < -0.39 is 12.0 Å². The van der Waals surface area contributed by atoms with E-state index in [1.54, 1.807) is 0 Å². The average Bonchev–Trinajstić information content (AvgIpc) is 2.51. The number of amides is 1. The van der Waals surface area contributed by atoms with Crippen molar-refractivity contribution in [2.75, 3.05) is 33.4 Å². The molecule has 0 aromatic heterocycles. The van der Waals surface area contributed by atoms with Gasteiger partial charge in [0, 0.05) is 6.61 Å². The molecular formula is C15H28N2O4. The third kappa shape index (κ3) is 5.63. The Labute approximate surface area is 126 Å². The van der Waals surface area contributed by atoms with Crippen LogP contribution in [-0.2, 0) is 14.3 Å². The maximum absolute atomic E-state index is 12.1. The zero-order valence-corrected chi connectivity index (χ0v) is 13.3. The van der Waals surface area contributed by atoms with Crippen LogP contribution < -0.4 is 5.32 Å². The van der Waals surface area contributed by atoms with Gasteiger partial charge in [0.2, 0.25) is 5.91 Å². The van der Waals surface area contributed by atoms with Crippen LogP contribution in [0, 0.1) is 11.8 Å². The predicted molar refractivity (Wildman–Crippen MR) is 79.7 cm³/mol. The zero-order valence-electron chi connectivity index (χ0n) is 13.3. The first-order valence-electron chi connectivity index (χ1n) is 7.72. The highest BCUT2D eigenvalue weighted by Gasteiger charge is 2.28. The number of aliphatic hydroxyl groups is 1. The van der Waals surface area contributed by atoms with Crippen molar-refractivity contribution in [2.45, 2.75) is 39.2 Å². The summed E-state index contributed by atoms with van der Waals surface area (Å²) >= 11 is 0. The molecule has 1 heterocycles. The second-order valence-corrected chi connectivity index (χ2v) is 5.86. The van der Waals surface area contributed by atoms with E-state index in [1.165, 1.54) is 7.11 Å². The lowest BCUT2D eigenvalue weighted by Gasteiger charge is -2.31. The first-order chi connectivity index (χ1) is 10.0. The number of ether oxygens (including phenoxy) is 1. The highest BCUT2D eigenvalue weighted by atomic mass is 16.5. The fraction of sp³-hybridized carbons (Fsp3) is 0.867. The van der Waals surface area contributed by atoms with E-state index in [-0.39, 0.29) is 18.4 Å². The van der Waals surface area contributed by atoms with Gasteiger partial charge in [0.05, 0.1) is 13.7 Å².